The van der Waals surface area contributed by atoms with Crippen molar-refractivity contribution in [3.8, 4) is 0 Å². The number of amides is 1. The second-order valence-corrected chi connectivity index (χ2v) is 4.40. The highest BCUT2D eigenvalue weighted by molar-refractivity contribution is 5.95. The number of ether oxygens (including phenoxy) is 1. The van der Waals surface area contributed by atoms with Crippen molar-refractivity contribution in [2.45, 2.75) is 26.2 Å². The molecule has 0 radical (unpaired) electrons. The fraction of sp³-hybridized carbons (Fsp3) is 0.429. The number of anilines is 1. The summed E-state index contributed by atoms with van der Waals surface area (Å²) in [7, 11) is 0. The van der Waals surface area contributed by atoms with Gasteiger partial charge < -0.3 is 10.1 Å². The van der Waals surface area contributed by atoms with Gasteiger partial charge in [0.05, 0.1) is 17.4 Å². The molecule has 5 nitrogen and oxygen atoms in total. The van der Waals surface area contributed by atoms with Crippen molar-refractivity contribution in [2.24, 2.45) is 0 Å². The number of carbonyl (C=O) groups is 1. The lowest BCUT2D eigenvalue weighted by atomic mass is 10.3. The van der Waals surface area contributed by atoms with Gasteiger partial charge in [-0.1, -0.05) is 25.8 Å². The molecule has 2 aromatic heterocycles. The Labute approximate surface area is 112 Å². The monoisotopic (exact) mass is 261 g/mol. The van der Waals surface area contributed by atoms with Crippen LogP contribution in [0.3, 0.4) is 0 Å². The molecule has 1 amide bonds. The van der Waals surface area contributed by atoms with E-state index in [2.05, 4.69) is 17.3 Å². The summed E-state index contributed by atoms with van der Waals surface area (Å²) < 4.78 is 7.04. The molecule has 0 atom stereocenters. The Bertz CT molecular complexity index is 536. The number of carbonyl (C=O) groups excluding carboxylic acids is 1. The topological polar surface area (TPSA) is 55.6 Å². The van der Waals surface area contributed by atoms with Crippen LogP contribution >= 0.6 is 0 Å². The van der Waals surface area contributed by atoms with Crippen LogP contribution in [0.4, 0.5) is 5.69 Å². The highest BCUT2D eigenvalue weighted by Crippen LogP contribution is 2.15. The third-order valence-corrected chi connectivity index (χ3v) is 2.83. The van der Waals surface area contributed by atoms with Crippen LogP contribution in [-0.2, 0) is 9.53 Å². The SMILES string of the molecule is CCCCCOCC(=O)Nc1cnn2ccccc12. The number of nitrogens with one attached hydrogen (secondary N) is 1. The molecule has 19 heavy (non-hydrogen) atoms. The van der Waals surface area contributed by atoms with Gasteiger partial charge >= 0.3 is 0 Å². The first kappa shape index (κ1) is 13.5. The van der Waals surface area contributed by atoms with Crippen LogP contribution < -0.4 is 5.32 Å². The molecule has 2 aromatic rings. The molecule has 2 rings (SSSR count). The number of hydrogen-bond donors (Lipinski definition) is 1. The van der Waals surface area contributed by atoms with E-state index < -0.39 is 0 Å². The first-order valence-electron chi connectivity index (χ1n) is 6.61. The van der Waals surface area contributed by atoms with Crippen molar-refractivity contribution in [3.63, 3.8) is 0 Å². The predicted octanol–water partition coefficient (Wildman–Crippen LogP) is 2.48. The summed E-state index contributed by atoms with van der Waals surface area (Å²) in [5.41, 5.74) is 1.59. The quantitative estimate of drug-likeness (QED) is 0.779. The maximum atomic E-state index is 11.7. The number of unbranched alkanes of at least 4 members (excludes halogenated alkanes) is 2. The normalized spacial score (nSPS) is 10.8. The summed E-state index contributed by atoms with van der Waals surface area (Å²) in [5, 5.41) is 6.96. The Morgan fingerprint density at radius 2 is 2.32 bits per heavy atom. The molecular formula is C14H19N3O2. The van der Waals surface area contributed by atoms with E-state index in [4.69, 9.17) is 4.74 Å². The molecule has 0 bridgehead atoms. The van der Waals surface area contributed by atoms with Gasteiger partial charge in [0.1, 0.15) is 6.61 Å². The predicted molar refractivity (Wildman–Crippen MR) is 74.2 cm³/mol. The van der Waals surface area contributed by atoms with Gasteiger partial charge in [0.15, 0.2) is 0 Å². The molecule has 0 aromatic carbocycles. The summed E-state index contributed by atoms with van der Waals surface area (Å²) >= 11 is 0. The summed E-state index contributed by atoms with van der Waals surface area (Å²) in [6.45, 7) is 2.86. The van der Waals surface area contributed by atoms with Crippen LogP contribution in [0.1, 0.15) is 26.2 Å². The maximum absolute atomic E-state index is 11.7. The molecule has 0 aliphatic heterocycles. The van der Waals surface area contributed by atoms with Crippen LogP contribution in [0.15, 0.2) is 30.6 Å². The summed E-state index contributed by atoms with van der Waals surface area (Å²) in [4.78, 5) is 11.7. The number of fused-ring (bicyclic) bond motifs is 1. The van der Waals surface area contributed by atoms with Gasteiger partial charge in [0.2, 0.25) is 5.91 Å². The van der Waals surface area contributed by atoms with Crippen LogP contribution in [-0.4, -0.2) is 28.7 Å². The first-order valence-corrected chi connectivity index (χ1v) is 6.61. The summed E-state index contributed by atoms with van der Waals surface area (Å²) in [6, 6.07) is 5.71. The molecule has 0 unspecified atom stereocenters. The van der Waals surface area contributed by atoms with E-state index in [9.17, 15) is 4.79 Å². The maximum Gasteiger partial charge on any atom is 0.250 e. The fourth-order valence-corrected chi connectivity index (χ4v) is 1.84. The Morgan fingerprint density at radius 3 is 3.16 bits per heavy atom. The molecule has 0 saturated carbocycles. The lowest BCUT2D eigenvalue weighted by molar-refractivity contribution is -0.120. The zero-order chi connectivity index (χ0) is 13.5. The first-order chi connectivity index (χ1) is 9.31. The Balaban J connectivity index is 1.82. The van der Waals surface area contributed by atoms with Crippen molar-refractivity contribution in [1.29, 1.82) is 0 Å². The number of aromatic nitrogens is 2. The zero-order valence-electron chi connectivity index (χ0n) is 11.1. The highest BCUT2D eigenvalue weighted by Gasteiger charge is 2.07. The van der Waals surface area contributed by atoms with Crippen molar-refractivity contribution in [1.82, 2.24) is 9.61 Å². The van der Waals surface area contributed by atoms with Crippen LogP contribution in [0.25, 0.3) is 5.52 Å². The third-order valence-electron chi connectivity index (χ3n) is 2.83. The van der Waals surface area contributed by atoms with E-state index in [0.717, 1.165) is 24.8 Å². The molecule has 2 heterocycles. The van der Waals surface area contributed by atoms with Gasteiger partial charge in [-0.15, -0.1) is 0 Å². The molecule has 0 saturated heterocycles. The molecule has 5 heteroatoms. The third kappa shape index (κ3) is 3.79. The van der Waals surface area contributed by atoms with E-state index in [1.54, 1.807) is 10.7 Å². The van der Waals surface area contributed by atoms with E-state index in [1.807, 2.05) is 24.4 Å². The van der Waals surface area contributed by atoms with Crippen LogP contribution in [0.2, 0.25) is 0 Å². The second-order valence-electron chi connectivity index (χ2n) is 4.40. The Kier molecular flexibility index (Phi) is 4.92. The average Bonchev–Trinajstić information content (AvgIpc) is 2.82. The van der Waals surface area contributed by atoms with E-state index in [1.165, 1.54) is 0 Å². The highest BCUT2D eigenvalue weighted by atomic mass is 16.5. The van der Waals surface area contributed by atoms with Crippen molar-refractivity contribution in [3.05, 3.63) is 30.6 Å². The van der Waals surface area contributed by atoms with E-state index in [-0.39, 0.29) is 12.5 Å². The molecule has 102 valence electrons. The average molecular weight is 261 g/mol. The minimum Gasteiger partial charge on any atom is -0.372 e. The molecule has 0 aliphatic carbocycles. The number of rotatable bonds is 7. The Morgan fingerprint density at radius 1 is 1.42 bits per heavy atom. The second kappa shape index (κ2) is 6.89. The molecule has 0 spiro atoms. The van der Waals surface area contributed by atoms with Gasteiger partial charge in [-0.2, -0.15) is 5.10 Å². The van der Waals surface area contributed by atoms with Crippen LogP contribution in [0, 0.1) is 0 Å². The van der Waals surface area contributed by atoms with Gasteiger partial charge in [-0.3, -0.25) is 4.79 Å². The van der Waals surface area contributed by atoms with Crippen molar-refractivity contribution >= 4 is 17.1 Å². The molecule has 0 fully saturated rings. The minimum absolute atomic E-state index is 0.0912. The molecule has 0 aliphatic rings. The van der Waals surface area contributed by atoms with Gasteiger partial charge in [-0.25, -0.2) is 4.52 Å². The van der Waals surface area contributed by atoms with Crippen molar-refractivity contribution < 1.29 is 9.53 Å². The smallest absolute Gasteiger partial charge is 0.250 e. The summed E-state index contributed by atoms with van der Waals surface area (Å²) in [5.74, 6) is -0.143. The van der Waals surface area contributed by atoms with Gasteiger partial charge in [-0.05, 0) is 18.6 Å². The van der Waals surface area contributed by atoms with E-state index >= 15 is 0 Å². The van der Waals surface area contributed by atoms with Crippen LogP contribution in [0.5, 0.6) is 0 Å². The fourth-order valence-electron chi connectivity index (χ4n) is 1.84. The standard InChI is InChI=1S/C14H19N3O2/c1-2-3-6-9-19-11-14(18)16-12-10-15-17-8-5-4-7-13(12)17/h4-5,7-8,10H,2-3,6,9,11H2,1H3,(H,16,18). The molecule has 1 N–H and O–H groups in total. The van der Waals surface area contributed by atoms with Crippen molar-refractivity contribution in [2.75, 3.05) is 18.5 Å². The summed E-state index contributed by atoms with van der Waals surface area (Å²) in [6.07, 6.45) is 6.77. The molecular weight excluding hydrogens is 242 g/mol. The lowest BCUT2D eigenvalue weighted by Crippen LogP contribution is -2.18. The number of pyridine rings is 1. The number of hydrogen-bond acceptors (Lipinski definition) is 3. The van der Waals surface area contributed by atoms with E-state index in [0.29, 0.717) is 12.3 Å². The largest absolute Gasteiger partial charge is 0.372 e. The zero-order valence-corrected chi connectivity index (χ0v) is 11.1. The number of nitrogens with zero attached hydrogens (tertiary/aromatic N) is 2. The van der Waals surface area contributed by atoms with Gasteiger partial charge in [0.25, 0.3) is 0 Å². The lowest BCUT2D eigenvalue weighted by Gasteiger charge is -2.04. The minimum atomic E-state index is -0.143. The van der Waals surface area contributed by atoms with Gasteiger partial charge in [0, 0.05) is 12.8 Å². The Hall–Kier alpha value is -1.88.